The average Bonchev–Trinajstić information content (AvgIpc) is 3.60. The molecule has 2 fully saturated rings. The first-order chi connectivity index (χ1) is 14.6. The van der Waals surface area contributed by atoms with Crippen LogP contribution < -0.4 is 9.47 Å². The van der Waals surface area contributed by atoms with Crippen molar-refractivity contribution in [3.05, 3.63) is 59.7 Å². The fourth-order valence-corrected chi connectivity index (χ4v) is 10.2. The van der Waals surface area contributed by atoms with Gasteiger partial charge in [-0.3, -0.25) is 0 Å². The zero-order valence-electron chi connectivity index (χ0n) is 16.0. The van der Waals surface area contributed by atoms with E-state index >= 15 is 0 Å². The topological polar surface area (TPSA) is 43.5 Å². The van der Waals surface area contributed by atoms with E-state index in [4.69, 9.17) is 18.9 Å². The summed E-state index contributed by atoms with van der Waals surface area (Å²) in [5.74, 6) is 1.60. The fourth-order valence-electron chi connectivity index (χ4n) is 3.29. The molecule has 0 bridgehead atoms. The van der Waals surface area contributed by atoms with Crippen molar-refractivity contribution in [2.24, 2.45) is 0 Å². The van der Waals surface area contributed by atoms with E-state index in [1.54, 1.807) is 0 Å². The van der Waals surface area contributed by atoms with E-state index in [1.807, 2.05) is 24.3 Å². The first-order valence-electron chi connectivity index (χ1n) is 9.44. The summed E-state index contributed by atoms with van der Waals surface area (Å²) < 4.78 is 20.6. The summed E-state index contributed by atoms with van der Waals surface area (Å²) in [6.07, 6.45) is 0.429. The molecule has 2 aromatic carbocycles. The Kier molecular flexibility index (Phi) is 7.92. The molecule has 4 rings (SSSR count). The van der Waals surface area contributed by atoms with Crippen molar-refractivity contribution in [2.75, 3.05) is 26.4 Å². The predicted octanol–water partition coefficient (Wildman–Crippen LogP) is 7.20. The van der Waals surface area contributed by atoms with Gasteiger partial charge in [0.1, 0.15) is 36.9 Å². The van der Waals surface area contributed by atoms with Crippen LogP contribution >= 0.6 is 95.6 Å². The molecule has 31 heavy (non-hydrogen) atoms. The Labute approximate surface area is 231 Å². The second-order valence-electron chi connectivity index (χ2n) is 7.33. The van der Waals surface area contributed by atoms with Crippen molar-refractivity contribution in [1.29, 1.82) is 0 Å². The van der Waals surface area contributed by atoms with Gasteiger partial charge in [-0.25, -0.2) is 0 Å². The van der Waals surface area contributed by atoms with Crippen molar-refractivity contribution in [3.63, 3.8) is 0 Å². The summed E-state index contributed by atoms with van der Waals surface area (Å²) >= 11 is 22.9. The molecule has 2 aromatic rings. The molecule has 2 heterocycles. The molecule has 2 atom stereocenters. The molecule has 2 saturated heterocycles. The number of epoxide rings is 2. The Bertz CT molecular complexity index is 809. The van der Waals surface area contributed by atoms with Gasteiger partial charge in [0.05, 0.1) is 18.6 Å². The lowest BCUT2D eigenvalue weighted by atomic mass is 9.77. The van der Waals surface area contributed by atoms with Crippen LogP contribution in [0.1, 0.15) is 11.1 Å². The number of hydrogen-bond acceptors (Lipinski definition) is 4. The second-order valence-corrected chi connectivity index (χ2v) is 20.8. The third kappa shape index (κ3) is 5.74. The average molecular weight is 814 g/mol. The Morgan fingerprint density at radius 2 is 0.968 bits per heavy atom. The largest absolute Gasteiger partial charge is 0.491 e. The number of benzene rings is 2. The molecule has 2 aliphatic rings. The zero-order valence-corrected chi connectivity index (χ0v) is 25.5. The highest BCUT2D eigenvalue weighted by Gasteiger charge is 2.60. The van der Waals surface area contributed by atoms with E-state index in [2.05, 4.69) is 120 Å². The predicted molar refractivity (Wildman–Crippen MR) is 143 cm³/mol. The van der Waals surface area contributed by atoms with Gasteiger partial charge >= 0.3 is 0 Å². The molecule has 168 valence electrons. The number of alkyl halides is 6. The van der Waals surface area contributed by atoms with Crippen molar-refractivity contribution in [3.8, 4) is 11.5 Å². The molecular formula is C21H18Br6O4. The van der Waals surface area contributed by atoms with Gasteiger partial charge in [-0.2, -0.15) is 0 Å². The van der Waals surface area contributed by atoms with Gasteiger partial charge in [-0.05, 0) is 35.4 Å². The van der Waals surface area contributed by atoms with Crippen LogP contribution in [0.2, 0.25) is 0 Å². The van der Waals surface area contributed by atoms with Crippen LogP contribution in [0.25, 0.3) is 0 Å². The van der Waals surface area contributed by atoms with E-state index in [-0.39, 0.29) is 12.2 Å². The zero-order chi connectivity index (χ0) is 22.3. The summed E-state index contributed by atoms with van der Waals surface area (Å²) in [5.41, 5.74) is 1.31. The summed E-state index contributed by atoms with van der Waals surface area (Å²) in [6.45, 7) is 2.67. The summed E-state index contributed by atoms with van der Waals surface area (Å²) in [4.78, 5) is 0. The SMILES string of the molecule is BrC(Br)(Br)C(c1ccc(OCC2CO2)cc1)(c1ccc(OCC2CO2)cc1)C(Br)(Br)Br. The molecule has 0 N–H and O–H groups in total. The third-order valence-electron chi connectivity index (χ3n) is 5.10. The van der Waals surface area contributed by atoms with Gasteiger partial charge in [0.2, 0.25) is 0 Å². The molecule has 0 aromatic heterocycles. The second kappa shape index (κ2) is 9.84. The van der Waals surface area contributed by atoms with Crippen LogP contribution in [0.4, 0.5) is 0 Å². The number of hydrogen-bond donors (Lipinski definition) is 0. The third-order valence-corrected chi connectivity index (χ3v) is 8.67. The van der Waals surface area contributed by atoms with Crippen LogP contribution in [0.15, 0.2) is 48.5 Å². The van der Waals surface area contributed by atoms with Gasteiger partial charge in [-0.1, -0.05) is 120 Å². The van der Waals surface area contributed by atoms with E-state index < -0.39 is 9.70 Å². The maximum absolute atomic E-state index is 5.82. The Morgan fingerprint density at radius 3 is 1.23 bits per heavy atom. The first kappa shape index (κ1) is 24.9. The lowest BCUT2D eigenvalue weighted by Gasteiger charge is -2.47. The molecule has 0 spiro atoms. The fraction of sp³-hybridized carbons (Fsp3) is 0.429. The molecule has 0 amide bonds. The van der Waals surface area contributed by atoms with Gasteiger partial charge < -0.3 is 18.9 Å². The van der Waals surface area contributed by atoms with Crippen LogP contribution in [0.5, 0.6) is 11.5 Å². The van der Waals surface area contributed by atoms with Crippen LogP contribution in [0.3, 0.4) is 0 Å². The highest BCUT2D eigenvalue weighted by molar-refractivity contribution is 9.40. The highest BCUT2D eigenvalue weighted by Crippen LogP contribution is 2.66. The molecule has 10 heteroatoms. The summed E-state index contributed by atoms with van der Waals surface area (Å²) in [7, 11) is 0. The monoisotopic (exact) mass is 808 g/mol. The molecule has 2 unspecified atom stereocenters. The van der Waals surface area contributed by atoms with Crippen LogP contribution in [-0.4, -0.2) is 42.9 Å². The lowest BCUT2D eigenvalue weighted by molar-refractivity contribution is 0.263. The smallest absolute Gasteiger partial charge is 0.151 e. The van der Waals surface area contributed by atoms with Crippen LogP contribution in [0, 0.1) is 0 Å². The summed E-state index contributed by atoms with van der Waals surface area (Å²) in [6, 6.07) is 16.1. The maximum atomic E-state index is 5.82. The van der Waals surface area contributed by atoms with Crippen LogP contribution in [-0.2, 0) is 14.9 Å². The highest BCUT2D eigenvalue weighted by atomic mass is 80.0. The van der Waals surface area contributed by atoms with Gasteiger partial charge in [0.15, 0.2) is 4.29 Å². The first-order valence-corrected chi connectivity index (χ1v) is 14.2. The number of rotatable bonds is 8. The lowest BCUT2D eigenvalue weighted by Crippen LogP contribution is -2.50. The molecule has 2 aliphatic heterocycles. The van der Waals surface area contributed by atoms with E-state index in [1.165, 1.54) is 0 Å². The van der Waals surface area contributed by atoms with Crippen molar-refractivity contribution in [1.82, 2.24) is 0 Å². The normalized spacial score (nSPS) is 21.0. The maximum Gasteiger partial charge on any atom is 0.151 e. The standard InChI is InChI=1S/C21H18Br6O4/c22-20(23,24)19(21(25,26)27,13-1-5-15(6-2-13)28-9-17-11-30-17)14-3-7-16(8-4-14)29-10-18-12-31-18/h1-8,17-18H,9-12H2. The molecular weight excluding hydrogens is 796 g/mol. The molecule has 0 radical (unpaired) electrons. The van der Waals surface area contributed by atoms with Gasteiger partial charge in [0, 0.05) is 0 Å². The Balaban J connectivity index is 1.68. The Hall–Kier alpha value is 0.840. The minimum atomic E-state index is -0.731. The van der Waals surface area contributed by atoms with Crippen molar-refractivity contribution in [2.45, 2.75) is 21.9 Å². The number of ether oxygens (including phenoxy) is 4. The minimum absolute atomic E-state index is 0.214. The van der Waals surface area contributed by atoms with E-state index in [0.717, 1.165) is 35.8 Å². The van der Waals surface area contributed by atoms with E-state index in [0.29, 0.717) is 13.2 Å². The quantitative estimate of drug-likeness (QED) is 0.209. The summed E-state index contributed by atoms with van der Waals surface area (Å²) in [5, 5.41) is 0. The Morgan fingerprint density at radius 1 is 0.645 bits per heavy atom. The van der Waals surface area contributed by atoms with Crippen molar-refractivity contribution < 1.29 is 18.9 Å². The molecule has 0 aliphatic carbocycles. The van der Waals surface area contributed by atoms with Gasteiger partial charge in [0.25, 0.3) is 0 Å². The molecule has 4 nitrogen and oxygen atoms in total. The van der Waals surface area contributed by atoms with Gasteiger partial charge in [-0.15, -0.1) is 0 Å². The van der Waals surface area contributed by atoms with E-state index in [9.17, 15) is 0 Å². The number of halogens is 6. The molecule has 0 saturated carbocycles. The minimum Gasteiger partial charge on any atom is -0.491 e. The van der Waals surface area contributed by atoms with Crippen molar-refractivity contribution >= 4 is 95.6 Å².